The first-order valence-electron chi connectivity index (χ1n) is 12.7. The van der Waals surface area contributed by atoms with Crippen LogP contribution in [0.25, 0.3) is 11.4 Å². The summed E-state index contributed by atoms with van der Waals surface area (Å²) in [5, 5.41) is 13.6. The quantitative estimate of drug-likeness (QED) is 0.297. The number of aliphatic imine (C=N–C) groups is 1. The summed E-state index contributed by atoms with van der Waals surface area (Å²) < 4.78 is 10.7. The fraction of sp³-hybridized carbons (Fsp3) is 0.407. The highest BCUT2D eigenvalue weighted by atomic mass is 35.5. The van der Waals surface area contributed by atoms with Crippen LogP contribution in [0.1, 0.15) is 11.3 Å². The third kappa shape index (κ3) is 6.17. The van der Waals surface area contributed by atoms with Gasteiger partial charge in [0.1, 0.15) is 30.0 Å². The van der Waals surface area contributed by atoms with Gasteiger partial charge in [-0.2, -0.15) is 0 Å². The van der Waals surface area contributed by atoms with Crippen molar-refractivity contribution in [3.05, 3.63) is 56.9 Å². The van der Waals surface area contributed by atoms with Gasteiger partial charge in [-0.3, -0.25) is 4.99 Å². The summed E-state index contributed by atoms with van der Waals surface area (Å²) in [5.41, 5.74) is 10.3. The minimum Gasteiger partial charge on any atom is -0.491 e. The molecule has 214 valence electrons. The highest BCUT2D eigenvalue weighted by Crippen LogP contribution is 2.36. The Hall–Kier alpha value is -3.38. The highest BCUT2D eigenvalue weighted by Gasteiger charge is 2.34. The molecule has 2 aliphatic rings. The molecule has 1 aromatic carbocycles. The smallest absolute Gasteiger partial charge is 0.410 e. The minimum absolute atomic E-state index is 0.101. The number of amides is 1. The minimum atomic E-state index is -0.675. The fourth-order valence-electron chi connectivity index (χ4n) is 4.81. The lowest BCUT2D eigenvalue weighted by Gasteiger charge is -2.25. The van der Waals surface area contributed by atoms with Crippen molar-refractivity contribution in [1.29, 1.82) is 0 Å². The topological polar surface area (TPSA) is 138 Å². The van der Waals surface area contributed by atoms with Crippen LogP contribution in [-0.2, 0) is 4.74 Å². The SMILES string of the molecule is CN=C(C(Cl)=CN)c1nc(-c2cc(OC[C@H](O)CNC)ccc2Cl)nc(N2CC3=C(CN(C(=O)OC)C3)C2)c1C. The summed E-state index contributed by atoms with van der Waals surface area (Å²) in [5.74, 6) is 1.55. The molecule has 1 atom stereocenters. The van der Waals surface area contributed by atoms with Crippen molar-refractivity contribution < 1.29 is 19.4 Å². The highest BCUT2D eigenvalue weighted by molar-refractivity contribution is 6.46. The van der Waals surface area contributed by atoms with E-state index in [1.54, 1.807) is 37.2 Å². The predicted molar refractivity (Wildman–Crippen MR) is 156 cm³/mol. The number of carbonyl (C=O) groups excluding carboxylic acids is 1. The van der Waals surface area contributed by atoms with Gasteiger partial charge in [-0.15, -0.1) is 0 Å². The monoisotopic (exact) mass is 589 g/mol. The number of anilines is 1. The van der Waals surface area contributed by atoms with Crippen LogP contribution >= 0.6 is 23.2 Å². The number of nitrogens with one attached hydrogen (secondary N) is 1. The number of hydrogen-bond donors (Lipinski definition) is 3. The second-order valence-electron chi connectivity index (χ2n) is 9.48. The largest absolute Gasteiger partial charge is 0.491 e. The molecule has 0 aliphatic carbocycles. The molecule has 0 spiro atoms. The molecule has 0 fully saturated rings. The Bertz CT molecular complexity index is 1360. The molecule has 0 saturated heterocycles. The van der Waals surface area contributed by atoms with Crippen molar-refractivity contribution in [3.8, 4) is 17.1 Å². The number of ether oxygens (including phenoxy) is 2. The summed E-state index contributed by atoms with van der Waals surface area (Å²) in [6, 6.07) is 5.17. The van der Waals surface area contributed by atoms with E-state index in [1.807, 2.05) is 6.92 Å². The summed E-state index contributed by atoms with van der Waals surface area (Å²) >= 11 is 13.1. The second kappa shape index (κ2) is 12.9. The number of benzene rings is 1. The standard InChI is InChI=1S/C27H33Cl2N7O4/c1-15-23(24(32-3)22(29)8-30)33-25(20-7-19(5-6-21(20)28)40-14-18(37)9-31-2)34-26(15)35-10-16-12-36(27(38)39-4)13-17(16)11-35/h5-8,18,31,37H,9-14,30H2,1-4H3/t18-/m1/s1. The first-order valence-corrected chi connectivity index (χ1v) is 13.4. The molecule has 4 N–H and O–H groups in total. The number of halogens is 2. The average molecular weight is 591 g/mol. The third-order valence-corrected chi connectivity index (χ3v) is 7.40. The Balaban J connectivity index is 1.73. The number of nitrogens with two attached hydrogens (primary N) is 1. The second-order valence-corrected chi connectivity index (χ2v) is 10.3. The van der Waals surface area contributed by atoms with Crippen LogP contribution in [0.5, 0.6) is 5.75 Å². The maximum Gasteiger partial charge on any atom is 0.410 e. The van der Waals surface area contributed by atoms with E-state index in [-0.39, 0.29) is 17.7 Å². The van der Waals surface area contributed by atoms with Crippen LogP contribution < -0.4 is 20.7 Å². The third-order valence-electron chi connectivity index (χ3n) is 6.76. The number of aromatic nitrogens is 2. The number of methoxy groups -OCH3 is 1. The van der Waals surface area contributed by atoms with E-state index in [2.05, 4.69) is 15.2 Å². The summed E-state index contributed by atoms with van der Waals surface area (Å²) in [6.45, 7) is 4.62. The van der Waals surface area contributed by atoms with Crippen molar-refractivity contribution in [2.45, 2.75) is 13.0 Å². The van der Waals surface area contributed by atoms with Gasteiger partial charge in [0.25, 0.3) is 0 Å². The average Bonchev–Trinajstić information content (AvgIpc) is 3.53. The molecule has 40 heavy (non-hydrogen) atoms. The molecule has 2 aromatic rings. The molecule has 1 amide bonds. The van der Waals surface area contributed by atoms with E-state index in [4.69, 9.17) is 48.4 Å². The van der Waals surface area contributed by atoms with Gasteiger partial charge in [-0.05, 0) is 43.3 Å². The molecule has 4 rings (SSSR count). The zero-order valence-corrected chi connectivity index (χ0v) is 24.4. The fourth-order valence-corrected chi connectivity index (χ4v) is 5.19. The van der Waals surface area contributed by atoms with E-state index in [0.29, 0.717) is 72.1 Å². The Morgan fingerprint density at radius 1 is 1.27 bits per heavy atom. The Morgan fingerprint density at radius 3 is 2.58 bits per heavy atom. The van der Waals surface area contributed by atoms with Crippen LogP contribution in [0.2, 0.25) is 5.02 Å². The molecule has 0 unspecified atom stereocenters. The van der Waals surface area contributed by atoms with Gasteiger partial charge in [0.15, 0.2) is 5.82 Å². The van der Waals surface area contributed by atoms with Gasteiger partial charge in [0.2, 0.25) is 0 Å². The molecule has 0 radical (unpaired) electrons. The van der Waals surface area contributed by atoms with Crippen molar-refractivity contribution in [1.82, 2.24) is 20.2 Å². The number of nitrogens with zero attached hydrogens (tertiary/aromatic N) is 5. The van der Waals surface area contributed by atoms with Crippen LogP contribution in [0.3, 0.4) is 0 Å². The predicted octanol–water partition coefficient (Wildman–Crippen LogP) is 2.72. The van der Waals surface area contributed by atoms with Crippen molar-refractivity contribution in [2.24, 2.45) is 10.7 Å². The van der Waals surface area contributed by atoms with Crippen LogP contribution in [-0.4, -0.2) is 98.4 Å². The molecular weight excluding hydrogens is 557 g/mol. The van der Waals surface area contributed by atoms with E-state index >= 15 is 0 Å². The summed E-state index contributed by atoms with van der Waals surface area (Å²) in [6.07, 6.45) is 0.257. The number of likely N-dealkylation sites (N-methyl/N-ethyl adjacent to an activating group) is 1. The number of rotatable bonds is 9. The van der Waals surface area contributed by atoms with Crippen LogP contribution in [0, 0.1) is 6.92 Å². The molecule has 0 bridgehead atoms. The van der Waals surface area contributed by atoms with Gasteiger partial charge >= 0.3 is 6.09 Å². The lowest BCUT2D eigenvalue weighted by atomic mass is 10.1. The Kier molecular flexibility index (Phi) is 9.52. The van der Waals surface area contributed by atoms with Crippen molar-refractivity contribution >= 4 is 40.8 Å². The maximum atomic E-state index is 12.0. The van der Waals surface area contributed by atoms with Gasteiger partial charge in [0, 0.05) is 57.1 Å². The first kappa shape index (κ1) is 29.6. The maximum absolute atomic E-state index is 12.0. The van der Waals surface area contributed by atoms with Gasteiger partial charge in [-0.1, -0.05) is 23.2 Å². The molecular formula is C27H33Cl2N7O4. The van der Waals surface area contributed by atoms with Gasteiger partial charge < -0.3 is 35.4 Å². The first-order chi connectivity index (χ1) is 19.2. The van der Waals surface area contributed by atoms with Gasteiger partial charge in [-0.25, -0.2) is 14.8 Å². The molecule has 0 saturated carbocycles. The Morgan fingerprint density at radius 2 is 1.98 bits per heavy atom. The lowest BCUT2D eigenvalue weighted by molar-refractivity contribution is 0.108. The Labute approximate surface area is 243 Å². The van der Waals surface area contributed by atoms with E-state index in [0.717, 1.165) is 16.7 Å². The summed E-state index contributed by atoms with van der Waals surface area (Å²) in [7, 11) is 4.76. The summed E-state index contributed by atoms with van der Waals surface area (Å²) in [4.78, 5) is 30.0. The normalized spacial score (nSPS) is 16.5. The van der Waals surface area contributed by atoms with Crippen LogP contribution in [0.15, 0.2) is 45.6 Å². The zero-order valence-electron chi connectivity index (χ0n) is 22.9. The number of hydrogen-bond acceptors (Lipinski definition) is 10. The number of carbonyl (C=O) groups is 1. The molecule has 3 heterocycles. The van der Waals surface area contributed by atoms with Crippen LogP contribution in [0.4, 0.5) is 10.6 Å². The van der Waals surface area contributed by atoms with Gasteiger partial charge in [0.05, 0.1) is 22.9 Å². The molecule has 2 aliphatic heterocycles. The lowest BCUT2D eigenvalue weighted by Crippen LogP contribution is -2.34. The number of aliphatic hydroxyl groups excluding tert-OH is 1. The molecule has 13 heteroatoms. The van der Waals surface area contributed by atoms with Crippen molar-refractivity contribution in [3.63, 3.8) is 0 Å². The number of aliphatic hydroxyl groups is 1. The van der Waals surface area contributed by atoms with E-state index < -0.39 is 6.10 Å². The van der Waals surface area contributed by atoms with E-state index in [1.165, 1.54) is 13.3 Å². The van der Waals surface area contributed by atoms with E-state index in [9.17, 15) is 9.90 Å². The molecule has 11 nitrogen and oxygen atoms in total. The number of allylic oxidation sites excluding steroid dienone is 1. The zero-order chi connectivity index (χ0) is 29.0. The molecule has 1 aromatic heterocycles. The van der Waals surface area contributed by atoms with Crippen molar-refractivity contribution in [2.75, 3.05) is 65.4 Å².